The number of phenolic OH excluding ortho intramolecular Hbond substituents is 1. The van der Waals surface area contributed by atoms with Gasteiger partial charge in [0.25, 0.3) is 5.91 Å². The number of benzene rings is 2. The highest BCUT2D eigenvalue weighted by atomic mass is 16.3. The lowest BCUT2D eigenvalue weighted by Crippen LogP contribution is -2.49. The maximum atomic E-state index is 12.5. The number of aromatic hydroxyl groups is 1. The molecule has 1 saturated carbocycles. The molecule has 2 aromatic carbocycles. The second-order valence-electron chi connectivity index (χ2n) is 7.54. The smallest absolute Gasteiger partial charge is 0.251 e. The number of hydrogen-bond donors (Lipinski definition) is 4. The van der Waals surface area contributed by atoms with E-state index in [0.717, 1.165) is 31.4 Å². The van der Waals surface area contributed by atoms with Crippen molar-refractivity contribution in [2.75, 3.05) is 5.32 Å². The van der Waals surface area contributed by atoms with Crippen molar-refractivity contribution in [3.63, 3.8) is 0 Å². The fraction of sp³-hybridized carbons (Fsp3) is 0.261. The van der Waals surface area contributed by atoms with Crippen LogP contribution in [0.4, 0.5) is 11.5 Å². The van der Waals surface area contributed by atoms with Crippen molar-refractivity contribution in [1.29, 1.82) is 0 Å². The van der Waals surface area contributed by atoms with Gasteiger partial charge in [-0.1, -0.05) is 25.0 Å². The zero-order valence-electron chi connectivity index (χ0n) is 16.6. The number of carbonyl (C=O) groups is 1. The number of nitrogens with zero attached hydrogens (tertiary/aromatic N) is 2. The van der Waals surface area contributed by atoms with Crippen molar-refractivity contribution in [1.82, 2.24) is 15.3 Å². The minimum atomic E-state index is -0.104. The van der Waals surface area contributed by atoms with Crippen LogP contribution in [0, 0.1) is 0 Å². The summed E-state index contributed by atoms with van der Waals surface area (Å²) in [4.78, 5) is 21.0. The van der Waals surface area contributed by atoms with E-state index in [1.54, 1.807) is 36.4 Å². The Morgan fingerprint density at radius 3 is 2.57 bits per heavy atom. The van der Waals surface area contributed by atoms with E-state index in [4.69, 9.17) is 5.73 Å². The number of rotatable bonds is 5. The van der Waals surface area contributed by atoms with E-state index in [1.807, 2.05) is 18.2 Å². The van der Waals surface area contributed by atoms with Crippen molar-refractivity contribution in [3.05, 3.63) is 66.5 Å². The van der Waals surface area contributed by atoms with Gasteiger partial charge in [0.05, 0.1) is 5.69 Å². The van der Waals surface area contributed by atoms with Crippen LogP contribution in [0.1, 0.15) is 36.0 Å². The summed E-state index contributed by atoms with van der Waals surface area (Å²) >= 11 is 0. The Balaban J connectivity index is 1.43. The van der Waals surface area contributed by atoms with E-state index in [1.165, 1.54) is 6.33 Å². The van der Waals surface area contributed by atoms with E-state index in [9.17, 15) is 9.90 Å². The first-order valence-electron chi connectivity index (χ1n) is 10.1. The molecular formula is C23H25N5O2. The van der Waals surface area contributed by atoms with E-state index in [2.05, 4.69) is 20.6 Å². The first kappa shape index (κ1) is 19.8. The number of nitrogens with one attached hydrogen (secondary N) is 2. The van der Waals surface area contributed by atoms with Crippen molar-refractivity contribution >= 4 is 17.4 Å². The minimum Gasteiger partial charge on any atom is -0.507 e. The molecule has 1 amide bonds. The molecule has 1 aliphatic rings. The van der Waals surface area contributed by atoms with Crippen molar-refractivity contribution in [2.45, 2.75) is 37.8 Å². The summed E-state index contributed by atoms with van der Waals surface area (Å²) in [6, 6.07) is 16.1. The van der Waals surface area contributed by atoms with Crippen LogP contribution in [0.5, 0.6) is 5.75 Å². The molecule has 1 aliphatic carbocycles. The van der Waals surface area contributed by atoms with Crippen LogP contribution in [0.15, 0.2) is 60.9 Å². The molecule has 1 heterocycles. The van der Waals surface area contributed by atoms with Gasteiger partial charge in [-0.2, -0.15) is 0 Å². The molecule has 1 fully saturated rings. The molecule has 7 heteroatoms. The fourth-order valence-corrected chi connectivity index (χ4v) is 3.71. The zero-order valence-corrected chi connectivity index (χ0v) is 16.6. The molecule has 0 spiro atoms. The van der Waals surface area contributed by atoms with Crippen LogP contribution in [-0.4, -0.2) is 33.1 Å². The van der Waals surface area contributed by atoms with Crippen LogP contribution in [-0.2, 0) is 0 Å². The lowest BCUT2D eigenvalue weighted by Gasteiger charge is -2.29. The molecule has 5 N–H and O–H groups in total. The Hall–Kier alpha value is -3.45. The third kappa shape index (κ3) is 4.58. The van der Waals surface area contributed by atoms with Crippen molar-refractivity contribution in [3.8, 4) is 17.0 Å². The number of para-hydroxylation sites is 1. The number of amides is 1. The predicted octanol–water partition coefficient (Wildman–Crippen LogP) is 3.59. The Bertz CT molecular complexity index is 1020. The monoisotopic (exact) mass is 403 g/mol. The number of phenols is 1. The predicted molar refractivity (Wildman–Crippen MR) is 117 cm³/mol. The largest absolute Gasteiger partial charge is 0.507 e. The van der Waals surface area contributed by atoms with Gasteiger partial charge in [-0.3, -0.25) is 4.79 Å². The van der Waals surface area contributed by atoms with E-state index in [-0.39, 0.29) is 23.7 Å². The SMILES string of the molecule is N[C@@H]1CCCC[C@H]1NC(=O)c1ccc(Nc2cc(-c3ccccc3O)ncn2)cc1. The van der Waals surface area contributed by atoms with Gasteiger partial charge in [0.1, 0.15) is 17.9 Å². The molecule has 0 bridgehead atoms. The topological polar surface area (TPSA) is 113 Å². The second-order valence-corrected chi connectivity index (χ2v) is 7.54. The van der Waals surface area contributed by atoms with Crippen molar-refractivity contribution in [2.24, 2.45) is 5.73 Å². The molecule has 0 aliphatic heterocycles. The fourth-order valence-electron chi connectivity index (χ4n) is 3.71. The molecule has 0 radical (unpaired) electrons. The van der Waals surface area contributed by atoms with Crippen LogP contribution >= 0.6 is 0 Å². The molecule has 0 unspecified atom stereocenters. The molecular weight excluding hydrogens is 378 g/mol. The number of hydrogen-bond acceptors (Lipinski definition) is 6. The van der Waals surface area contributed by atoms with Gasteiger partial charge in [0.2, 0.25) is 0 Å². The molecule has 154 valence electrons. The summed E-state index contributed by atoms with van der Waals surface area (Å²) < 4.78 is 0. The standard InChI is InChI=1S/C23H25N5O2/c24-18-6-2-3-7-19(18)28-23(30)15-9-11-16(12-10-15)27-22-13-20(25-14-26-22)17-5-1-4-8-21(17)29/h1,4-5,8-14,18-19,29H,2-3,6-7,24H2,(H,28,30)(H,25,26,27)/t18-,19-/m1/s1. The Labute approximate surface area is 175 Å². The van der Waals surface area contributed by atoms with Crippen molar-refractivity contribution < 1.29 is 9.90 Å². The number of anilines is 2. The van der Waals surface area contributed by atoms with Gasteiger partial charge in [0, 0.05) is 35.0 Å². The third-order valence-electron chi connectivity index (χ3n) is 5.40. The Morgan fingerprint density at radius 1 is 1.03 bits per heavy atom. The average Bonchev–Trinajstić information content (AvgIpc) is 2.76. The van der Waals surface area contributed by atoms with E-state index < -0.39 is 0 Å². The van der Waals surface area contributed by atoms with Crippen LogP contribution < -0.4 is 16.4 Å². The summed E-state index contributed by atoms with van der Waals surface area (Å²) in [5.74, 6) is 0.650. The minimum absolute atomic E-state index is 0.0275. The molecule has 2 atom stereocenters. The summed E-state index contributed by atoms with van der Waals surface area (Å²) in [5.41, 5.74) is 8.77. The molecule has 3 aromatic rings. The van der Waals surface area contributed by atoms with Crippen LogP contribution in [0.2, 0.25) is 0 Å². The molecule has 30 heavy (non-hydrogen) atoms. The summed E-state index contributed by atoms with van der Waals surface area (Å²) in [6.07, 6.45) is 5.56. The third-order valence-corrected chi connectivity index (χ3v) is 5.40. The highest BCUT2D eigenvalue weighted by molar-refractivity contribution is 5.94. The summed E-state index contributed by atoms with van der Waals surface area (Å²) in [6.45, 7) is 0. The van der Waals surface area contributed by atoms with Gasteiger partial charge >= 0.3 is 0 Å². The lowest BCUT2D eigenvalue weighted by atomic mass is 9.91. The zero-order chi connectivity index (χ0) is 20.9. The van der Waals surface area contributed by atoms with E-state index >= 15 is 0 Å². The molecule has 0 saturated heterocycles. The van der Waals surface area contributed by atoms with Crippen LogP contribution in [0.25, 0.3) is 11.3 Å². The van der Waals surface area contributed by atoms with Gasteiger partial charge in [-0.05, 0) is 49.2 Å². The maximum Gasteiger partial charge on any atom is 0.251 e. The van der Waals surface area contributed by atoms with Gasteiger partial charge < -0.3 is 21.5 Å². The maximum absolute atomic E-state index is 12.5. The first-order chi connectivity index (χ1) is 14.6. The lowest BCUT2D eigenvalue weighted by molar-refractivity contribution is 0.0921. The second kappa shape index (κ2) is 8.92. The first-order valence-corrected chi connectivity index (χ1v) is 10.1. The average molecular weight is 403 g/mol. The van der Waals surface area contributed by atoms with Gasteiger partial charge in [-0.15, -0.1) is 0 Å². The normalized spacial score (nSPS) is 18.6. The van der Waals surface area contributed by atoms with Gasteiger partial charge in [0.15, 0.2) is 0 Å². The molecule has 4 rings (SSSR count). The summed E-state index contributed by atoms with van der Waals surface area (Å²) in [7, 11) is 0. The summed E-state index contributed by atoms with van der Waals surface area (Å²) in [5, 5.41) is 16.3. The highest BCUT2D eigenvalue weighted by Gasteiger charge is 2.23. The van der Waals surface area contributed by atoms with E-state index in [0.29, 0.717) is 22.6 Å². The molecule has 7 nitrogen and oxygen atoms in total. The number of carbonyl (C=O) groups excluding carboxylic acids is 1. The Kier molecular flexibility index (Phi) is 5.90. The van der Waals surface area contributed by atoms with Gasteiger partial charge in [-0.25, -0.2) is 9.97 Å². The number of aromatic nitrogens is 2. The molecule has 1 aromatic heterocycles. The number of nitrogens with two attached hydrogens (primary N) is 1. The Morgan fingerprint density at radius 2 is 1.80 bits per heavy atom. The quantitative estimate of drug-likeness (QED) is 0.518. The highest BCUT2D eigenvalue weighted by Crippen LogP contribution is 2.28. The van der Waals surface area contributed by atoms with Crippen LogP contribution in [0.3, 0.4) is 0 Å².